The van der Waals surface area contributed by atoms with Crippen molar-refractivity contribution in [1.82, 2.24) is 14.5 Å². The fraction of sp³-hybridized carbons (Fsp3) is 0.0435. The molecule has 0 saturated heterocycles. The molecule has 0 unspecified atom stereocenters. The minimum absolute atomic E-state index is 0.158. The van der Waals surface area contributed by atoms with E-state index in [1.54, 1.807) is 36.7 Å². The van der Waals surface area contributed by atoms with E-state index in [1.807, 2.05) is 41.8 Å². The summed E-state index contributed by atoms with van der Waals surface area (Å²) in [7, 11) is 0. The molecule has 2 heterocycles. The SMILES string of the molecule is Cc1nc2cnccc2n1-c1ccc(C(C#N)=Cc2ccccc2C(=O)O)cc1. The predicted octanol–water partition coefficient (Wildman–Crippen LogP) is 4.49. The Labute approximate surface area is 167 Å². The number of hydrogen-bond acceptors (Lipinski definition) is 4. The number of rotatable bonds is 4. The van der Waals surface area contributed by atoms with Crippen molar-refractivity contribution in [1.29, 1.82) is 5.26 Å². The van der Waals surface area contributed by atoms with Gasteiger partial charge in [0, 0.05) is 11.9 Å². The van der Waals surface area contributed by atoms with Gasteiger partial charge in [0.2, 0.25) is 0 Å². The van der Waals surface area contributed by atoms with Crippen LogP contribution in [0.4, 0.5) is 0 Å². The summed E-state index contributed by atoms with van der Waals surface area (Å²) in [6.45, 7) is 1.93. The summed E-state index contributed by atoms with van der Waals surface area (Å²) in [4.78, 5) is 20.1. The molecule has 4 rings (SSSR count). The number of hydrogen-bond donors (Lipinski definition) is 1. The summed E-state index contributed by atoms with van der Waals surface area (Å²) in [6.07, 6.45) is 5.05. The Kier molecular flexibility index (Phi) is 4.63. The summed E-state index contributed by atoms with van der Waals surface area (Å²) >= 11 is 0. The van der Waals surface area contributed by atoms with Gasteiger partial charge in [0.1, 0.15) is 11.3 Å². The summed E-state index contributed by atoms with van der Waals surface area (Å²) in [6, 6.07) is 18.2. The van der Waals surface area contributed by atoms with Crippen LogP contribution in [0.3, 0.4) is 0 Å². The lowest BCUT2D eigenvalue weighted by Crippen LogP contribution is -1.99. The van der Waals surface area contributed by atoms with E-state index < -0.39 is 5.97 Å². The lowest BCUT2D eigenvalue weighted by molar-refractivity contribution is 0.0696. The van der Waals surface area contributed by atoms with Gasteiger partial charge in [0.25, 0.3) is 0 Å². The van der Waals surface area contributed by atoms with Gasteiger partial charge < -0.3 is 5.11 Å². The molecule has 6 nitrogen and oxygen atoms in total. The highest BCUT2D eigenvalue weighted by atomic mass is 16.4. The van der Waals surface area contributed by atoms with Crippen LogP contribution in [0.25, 0.3) is 28.4 Å². The van der Waals surface area contributed by atoms with E-state index in [2.05, 4.69) is 16.0 Å². The smallest absolute Gasteiger partial charge is 0.336 e. The molecule has 0 radical (unpaired) electrons. The highest BCUT2D eigenvalue weighted by Gasteiger charge is 2.11. The summed E-state index contributed by atoms with van der Waals surface area (Å²) in [5, 5.41) is 19.0. The van der Waals surface area contributed by atoms with Gasteiger partial charge in [-0.05, 0) is 48.4 Å². The third-order valence-corrected chi connectivity index (χ3v) is 4.67. The number of imidazole rings is 1. The fourth-order valence-corrected chi connectivity index (χ4v) is 3.32. The van der Waals surface area contributed by atoms with Crippen LogP contribution in [0.1, 0.15) is 27.3 Å². The molecular formula is C23H16N4O2. The summed E-state index contributed by atoms with van der Waals surface area (Å²) in [5.41, 5.74) is 4.44. The van der Waals surface area contributed by atoms with Gasteiger partial charge in [-0.25, -0.2) is 9.78 Å². The second kappa shape index (κ2) is 7.41. The number of nitrogens with zero attached hydrogens (tertiary/aromatic N) is 4. The van der Waals surface area contributed by atoms with E-state index in [0.29, 0.717) is 16.7 Å². The van der Waals surface area contributed by atoms with Crippen molar-refractivity contribution >= 4 is 28.7 Å². The van der Waals surface area contributed by atoms with E-state index in [-0.39, 0.29) is 5.56 Å². The molecule has 6 heteroatoms. The van der Waals surface area contributed by atoms with Gasteiger partial charge >= 0.3 is 5.97 Å². The van der Waals surface area contributed by atoms with Crippen LogP contribution in [-0.2, 0) is 0 Å². The van der Waals surface area contributed by atoms with Crippen molar-refractivity contribution < 1.29 is 9.90 Å². The molecule has 140 valence electrons. The highest BCUT2D eigenvalue weighted by Crippen LogP contribution is 2.24. The minimum atomic E-state index is -1.03. The minimum Gasteiger partial charge on any atom is -0.478 e. The van der Waals surface area contributed by atoms with Crippen LogP contribution in [0.5, 0.6) is 0 Å². The molecule has 2 aromatic heterocycles. The normalized spacial score (nSPS) is 11.4. The molecule has 0 saturated carbocycles. The number of allylic oxidation sites excluding steroid dienone is 1. The van der Waals surface area contributed by atoms with Gasteiger partial charge in [0.05, 0.1) is 28.9 Å². The predicted molar refractivity (Wildman–Crippen MR) is 110 cm³/mol. The highest BCUT2D eigenvalue weighted by molar-refractivity contribution is 5.97. The Morgan fingerprint density at radius 2 is 1.90 bits per heavy atom. The number of aromatic nitrogens is 3. The first-order valence-corrected chi connectivity index (χ1v) is 8.92. The number of carboxylic acids is 1. The van der Waals surface area contributed by atoms with Gasteiger partial charge in [-0.2, -0.15) is 5.26 Å². The Morgan fingerprint density at radius 1 is 1.14 bits per heavy atom. The summed E-state index contributed by atoms with van der Waals surface area (Å²) < 4.78 is 2.02. The molecule has 4 aromatic rings. The summed E-state index contributed by atoms with van der Waals surface area (Å²) in [5.74, 6) is -0.186. The zero-order valence-electron chi connectivity index (χ0n) is 15.6. The first-order valence-electron chi connectivity index (χ1n) is 8.92. The van der Waals surface area contributed by atoms with Crippen LogP contribution in [0.15, 0.2) is 67.0 Å². The molecule has 1 N–H and O–H groups in total. The monoisotopic (exact) mass is 380 g/mol. The van der Waals surface area contributed by atoms with Gasteiger partial charge in [-0.1, -0.05) is 30.3 Å². The van der Waals surface area contributed by atoms with Crippen molar-refractivity contribution in [2.45, 2.75) is 6.92 Å². The van der Waals surface area contributed by atoms with E-state index in [9.17, 15) is 15.2 Å². The molecule has 0 aliphatic rings. The first-order chi connectivity index (χ1) is 14.1. The van der Waals surface area contributed by atoms with Crippen LogP contribution >= 0.6 is 0 Å². The third-order valence-electron chi connectivity index (χ3n) is 4.67. The average molecular weight is 380 g/mol. The van der Waals surface area contributed by atoms with E-state index in [1.165, 1.54) is 6.07 Å². The molecule has 0 aliphatic heterocycles. The van der Waals surface area contributed by atoms with Crippen LogP contribution in [-0.4, -0.2) is 25.6 Å². The molecule has 0 atom stereocenters. The average Bonchev–Trinajstić information content (AvgIpc) is 3.08. The van der Waals surface area contributed by atoms with Crippen molar-refractivity contribution in [3.8, 4) is 11.8 Å². The van der Waals surface area contributed by atoms with Gasteiger partial charge in [-0.3, -0.25) is 9.55 Å². The number of carboxylic acid groups (broad SMARTS) is 1. The molecular weight excluding hydrogens is 364 g/mol. The number of fused-ring (bicyclic) bond motifs is 1. The molecule has 2 aromatic carbocycles. The maximum Gasteiger partial charge on any atom is 0.336 e. The van der Waals surface area contributed by atoms with Crippen molar-refractivity contribution in [2.24, 2.45) is 0 Å². The Bertz CT molecular complexity index is 1290. The lowest BCUT2D eigenvalue weighted by Gasteiger charge is -2.08. The lowest BCUT2D eigenvalue weighted by atomic mass is 10.0. The van der Waals surface area contributed by atoms with Gasteiger partial charge in [0.15, 0.2) is 0 Å². The largest absolute Gasteiger partial charge is 0.478 e. The molecule has 0 aliphatic carbocycles. The molecule has 0 amide bonds. The molecule has 29 heavy (non-hydrogen) atoms. The first kappa shape index (κ1) is 18.1. The van der Waals surface area contributed by atoms with E-state index >= 15 is 0 Å². The van der Waals surface area contributed by atoms with Crippen LogP contribution in [0, 0.1) is 18.3 Å². The second-order valence-corrected chi connectivity index (χ2v) is 6.47. The number of pyridine rings is 1. The number of aromatic carboxylic acids is 1. The van der Waals surface area contributed by atoms with Gasteiger partial charge in [-0.15, -0.1) is 0 Å². The van der Waals surface area contributed by atoms with Crippen LogP contribution < -0.4 is 0 Å². The molecule has 0 bridgehead atoms. The van der Waals surface area contributed by atoms with E-state index in [0.717, 1.165) is 22.5 Å². The standard InChI is InChI=1S/C23H16N4O2/c1-15-26-21-14-25-11-10-22(21)27(15)19-8-6-16(7-9-19)18(13-24)12-17-4-2-3-5-20(17)23(28)29/h2-12,14H,1H3,(H,28,29). The third kappa shape index (κ3) is 3.37. The number of carbonyl (C=O) groups is 1. The zero-order chi connectivity index (χ0) is 20.4. The number of benzene rings is 2. The van der Waals surface area contributed by atoms with Crippen molar-refractivity contribution in [2.75, 3.05) is 0 Å². The molecule has 0 fully saturated rings. The quantitative estimate of drug-likeness (QED) is 0.416. The Morgan fingerprint density at radius 3 is 2.62 bits per heavy atom. The maximum atomic E-state index is 11.4. The Hall–Kier alpha value is -4.24. The number of aryl methyl sites for hydroxylation is 1. The van der Waals surface area contributed by atoms with Crippen molar-refractivity contribution in [3.05, 3.63) is 89.5 Å². The van der Waals surface area contributed by atoms with Crippen molar-refractivity contribution in [3.63, 3.8) is 0 Å². The topological polar surface area (TPSA) is 91.8 Å². The Balaban J connectivity index is 1.75. The second-order valence-electron chi connectivity index (χ2n) is 6.47. The zero-order valence-corrected chi connectivity index (χ0v) is 15.6. The van der Waals surface area contributed by atoms with E-state index in [4.69, 9.17) is 0 Å². The maximum absolute atomic E-state index is 11.4. The van der Waals surface area contributed by atoms with Crippen LogP contribution in [0.2, 0.25) is 0 Å². The molecule has 0 spiro atoms. The number of nitriles is 1. The fourth-order valence-electron chi connectivity index (χ4n) is 3.32.